The summed E-state index contributed by atoms with van der Waals surface area (Å²) in [5.74, 6) is -0.383. The molecular formula is C15H17NO. The first kappa shape index (κ1) is 13.1. The van der Waals surface area contributed by atoms with Crippen LogP contribution in [-0.2, 0) is 4.79 Å². The van der Waals surface area contributed by atoms with Crippen molar-refractivity contribution in [3.8, 4) is 0 Å². The van der Waals surface area contributed by atoms with Crippen molar-refractivity contribution in [1.82, 2.24) is 0 Å². The van der Waals surface area contributed by atoms with Crippen molar-refractivity contribution in [3.63, 3.8) is 0 Å². The van der Waals surface area contributed by atoms with Crippen LogP contribution in [0, 0.1) is 0 Å². The monoisotopic (exact) mass is 227 g/mol. The molecule has 0 aliphatic heterocycles. The highest BCUT2D eigenvalue weighted by Gasteiger charge is 2.18. The lowest BCUT2D eigenvalue weighted by Gasteiger charge is -2.11. The number of aliphatic imine (C=N–C) groups is 1. The van der Waals surface area contributed by atoms with E-state index in [-0.39, 0.29) is 11.7 Å². The summed E-state index contributed by atoms with van der Waals surface area (Å²) in [6, 6.07) is 9.55. The summed E-state index contributed by atoms with van der Waals surface area (Å²) >= 11 is 0. The van der Waals surface area contributed by atoms with E-state index in [0.717, 1.165) is 5.56 Å². The third kappa shape index (κ3) is 3.83. The molecule has 0 aromatic heterocycles. The molecule has 0 saturated heterocycles. The molecule has 0 bridgehead atoms. The van der Waals surface area contributed by atoms with Gasteiger partial charge in [0, 0.05) is 11.9 Å². The number of nitrogens with zero attached hydrogens (tertiary/aromatic N) is 1. The van der Waals surface area contributed by atoms with Gasteiger partial charge < -0.3 is 0 Å². The van der Waals surface area contributed by atoms with Crippen LogP contribution in [0.1, 0.15) is 25.3 Å². The van der Waals surface area contributed by atoms with Gasteiger partial charge in [-0.2, -0.15) is 0 Å². The zero-order valence-corrected chi connectivity index (χ0v) is 10.3. The number of carbonyl (C=O) groups is 1. The Morgan fingerprint density at radius 1 is 1.24 bits per heavy atom. The van der Waals surface area contributed by atoms with E-state index in [0.29, 0.717) is 11.3 Å². The lowest BCUT2D eigenvalue weighted by Crippen LogP contribution is -2.14. The Labute approximate surface area is 102 Å². The summed E-state index contributed by atoms with van der Waals surface area (Å²) in [6.45, 7) is 10.9. The highest BCUT2D eigenvalue weighted by molar-refractivity contribution is 6.09. The second kappa shape index (κ2) is 5.94. The number of hydrogen-bond acceptors (Lipinski definition) is 2. The molecule has 0 aliphatic rings. The van der Waals surface area contributed by atoms with Crippen molar-refractivity contribution in [3.05, 3.63) is 60.3 Å². The Hall–Kier alpha value is -1.96. The fourth-order valence-electron chi connectivity index (χ4n) is 1.43. The Morgan fingerprint density at radius 3 is 2.29 bits per heavy atom. The second-order valence-corrected chi connectivity index (χ2v) is 4.05. The first-order valence-corrected chi connectivity index (χ1v) is 5.46. The minimum absolute atomic E-state index is 0.0128. The van der Waals surface area contributed by atoms with Gasteiger partial charge in [0.05, 0.1) is 5.92 Å². The average molecular weight is 227 g/mol. The van der Waals surface area contributed by atoms with Gasteiger partial charge >= 0.3 is 0 Å². The van der Waals surface area contributed by atoms with Crippen LogP contribution >= 0.6 is 0 Å². The van der Waals surface area contributed by atoms with Crippen LogP contribution in [0.3, 0.4) is 0 Å². The Bertz CT molecular complexity index is 457. The van der Waals surface area contributed by atoms with Crippen LogP contribution in [0.15, 0.2) is 59.8 Å². The van der Waals surface area contributed by atoms with Crippen LogP contribution in [0.5, 0.6) is 0 Å². The van der Waals surface area contributed by atoms with Gasteiger partial charge in [-0.3, -0.25) is 9.79 Å². The molecular weight excluding hydrogens is 210 g/mol. The van der Waals surface area contributed by atoms with Gasteiger partial charge in [-0.25, -0.2) is 0 Å². The molecule has 2 nitrogen and oxygen atoms in total. The van der Waals surface area contributed by atoms with Gasteiger partial charge in [0.15, 0.2) is 5.78 Å². The van der Waals surface area contributed by atoms with Crippen molar-refractivity contribution in [2.45, 2.75) is 19.8 Å². The van der Waals surface area contributed by atoms with Gasteiger partial charge in [0.1, 0.15) is 0 Å². The van der Waals surface area contributed by atoms with E-state index in [4.69, 9.17) is 0 Å². The molecule has 17 heavy (non-hydrogen) atoms. The average Bonchev–Trinajstić information content (AvgIpc) is 2.30. The van der Waals surface area contributed by atoms with Crippen molar-refractivity contribution in [2.24, 2.45) is 4.99 Å². The first-order valence-electron chi connectivity index (χ1n) is 5.46. The number of allylic oxidation sites excluding steroid dienone is 2. The fourth-order valence-corrected chi connectivity index (χ4v) is 1.43. The van der Waals surface area contributed by atoms with Crippen LogP contribution in [-0.4, -0.2) is 12.0 Å². The predicted molar refractivity (Wildman–Crippen MR) is 72.3 cm³/mol. The van der Waals surface area contributed by atoms with Gasteiger partial charge in [-0.05, 0) is 25.0 Å². The molecule has 0 N–H and O–H groups in total. The van der Waals surface area contributed by atoms with Gasteiger partial charge in [0.2, 0.25) is 0 Å². The zero-order valence-electron chi connectivity index (χ0n) is 10.3. The molecule has 0 radical (unpaired) electrons. The Morgan fingerprint density at radius 2 is 1.82 bits per heavy atom. The van der Waals surface area contributed by atoms with E-state index >= 15 is 0 Å². The summed E-state index contributed by atoms with van der Waals surface area (Å²) in [7, 11) is 0. The van der Waals surface area contributed by atoms with E-state index < -0.39 is 0 Å². The largest absolute Gasteiger partial charge is 0.293 e. The molecule has 0 saturated carbocycles. The molecule has 2 heteroatoms. The molecule has 1 atom stereocenters. The van der Waals surface area contributed by atoms with Crippen molar-refractivity contribution >= 4 is 12.0 Å². The van der Waals surface area contributed by atoms with Gasteiger partial charge in [-0.1, -0.05) is 43.5 Å². The minimum Gasteiger partial charge on any atom is -0.293 e. The number of Topliss-reactive ketones (excluding diaryl/α,β-unsaturated/α-hetero) is 1. The molecule has 1 unspecified atom stereocenters. The molecule has 0 fully saturated rings. The molecule has 0 amide bonds. The van der Waals surface area contributed by atoms with Gasteiger partial charge in [0.25, 0.3) is 0 Å². The lowest BCUT2D eigenvalue weighted by atomic mass is 9.92. The van der Waals surface area contributed by atoms with Crippen LogP contribution in [0.4, 0.5) is 0 Å². The SMILES string of the molecule is C=C(C)N=CC(C(=O)C(=C)C)c1ccccc1. The van der Waals surface area contributed by atoms with Crippen molar-refractivity contribution in [1.29, 1.82) is 0 Å². The molecule has 0 spiro atoms. The third-order valence-electron chi connectivity index (χ3n) is 2.31. The number of ketones is 1. The molecule has 1 aromatic rings. The molecule has 88 valence electrons. The lowest BCUT2D eigenvalue weighted by molar-refractivity contribution is -0.115. The summed E-state index contributed by atoms with van der Waals surface area (Å²) in [5.41, 5.74) is 2.14. The maximum Gasteiger partial charge on any atom is 0.170 e. The van der Waals surface area contributed by atoms with Crippen LogP contribution < -0.4 is 0 Å². The quantitative estimate of drug-likeness (QED) is 0.559. The maximum atomic E-state index is 12.0. The van der Waals surface area contributed by atoms with E-state index in [2.05, 4.69) is 18.2 Å². The second-order valence-electron chi connectivity index (χ2n) is 4.05. The minimum atomic E-state index is -0.370. The third-order valence-corrected chi connectivity index (χ3v) is 2.31. The van der Waals surface area contributed by atoms with E-state index in [1.807, 2.05) is 30.3 Å². The summed E-state index contributed by atoms with van der Waals surface area (Å²) in [5, 5.41) is 0. The first-order chi connectivity index (χ1) is 8.02. The van der Waals surface area contributed by atoms with E-state index in [1.54, 1.807) is 20.1 Å². The van der Waals surface area contributed by atoms with E-state index in [9.17, 15) is 4.79 Å². The maximum absolute atomic E-state index is 12.0. The molecule has 1 rings (SSSR count). The topological polar surface area (TPSA) is 29.4 Å². The Balaban J connectivity index is 3.07. The van der Waals surface area contributed by atoms with Crippen molar-refractivity contribution in [2.75, 3.05) is 0 Å². The summed E-state index contributed by atoms with van der Waals surface area (Å²) in [4.78, 5) is 16.2. The number of hydrogen-bond donors (Lipinski definition) is 0. The van der Waals surface area contributed by atoms with Crippen LogP contribution in [0.25, 0.3) is 0 Å². The standard InChI is InChI=1S/C15H17NO/c1-11(2)15(17)14(10-16-12(3)4)13-8-6-5-7-9-13/h5-10,14H,1,3H2,2,4H3. The van der Waals surface area contributed by atoms with Crippen LogP contribution in [0.2, 0.25) is 0 Å². The van der Waals surface area contributed by atoms with Crippen molar-refractivity contribution < 1.29 is 4.79 Å². The number of carbonyl (C=O) groups excluding carboxylic acids is 1. The summed E-state index contributed by atoms with van der Waals surface area (Å²) < 4.78 is 0. The molecule has 0 heterocycles. The Kier molecular flexibility index (Phi) is 4.58. The zero-order chi connectivity index (χ0) is 12.8. The predicted octanol–water partition coefficient (Wildman–Crippen LogP) is 3.52. The normalized spacial score (nSPS) is 12.4. The van der Waals surface area contributed by atoms with E-state index in [1.165, 1.54) is 0 Å². The molecule has 1 aromatic carbocycles. The number of benzene rings is 1. The number of rotatable bonds is 5. The van der Waals surface area contributed by atoms with Gasteiger partial charge in [-0.15, -0.1) is 0 Å². The fraction of sp³-hybridized carbons (Fsp3) is 0.200. The summed E-state index contributed by atoms with van der Waals surface area (Å²) in [6.07, 6.45) is 1.63. The highest BCUT2D eigenvalue weighted by atomic mass is 16.1. The highest BCUT2D eigenvalue weighted by Crippen LogP contribution is 2.18. The smallest absolute Gasteiger partial charge is 0.170 e. The molecule has 0 aliphatic carbocycles.